The van der Waals surface area contributed by atoms with Crippen LogP contribution in [0.15, 0.2) is 29.3 Å². The van der Waals surface area contributed by atoms with Crippen LogP contribution in [0.2, 0.25) is 0 Å². The van der Waals surface area contributed by atoms with E-state index in [1.54, 1.807) is 17.7 Å². The summed E-state index contributed by atoms with van der Waals surface area (Å²) in [5.41, 5.74) is 3.22. The van der Waals surface area contributed by atoms with Gasteiger partial charge in [-0.25, -0.2) is 8.42 Å². The van der Waals surface area contributed by atoms with Gasteiger partial charge in [-0.15, -0.1) is 0 Å². The molecule has 2 aromatic rings. The molecule has 0 amide bonds. The highest BCUT2D eigenvalue weighted by atomic mass is 32.2. The molecule has 0 unspecified atom stereocenters. The molecule has 0 bridgehead atoms. The molecular formula is C14H19N3O2S. The van der Waals surface area contributed by atoms with E-state index < -0.39 is 10.0 Å². The predicted molar refractivity (Wildman–Crippen MR) is 79.4 cm³/mol. The van der Waals surface area contributed by atoms with E-state index in [1.165, 1.54) is 6.20 Å². The Labute approximate surface area is 119 Å². The van der Waals surface area contributed by atoms with Gasteiger partial charge in [0, 0.05) is 6.54 Å². The number of anilines is 1. The fourth-order valence-corrected chi connectivity index (χ4v) is 3.37. The van der Waals surface area contributed by atoms with E-state index in [2.05, 4.69) is 9.82 Å². The summed E-state index contributed by atoms with van der Waals surface area (Å²) in [5, 5.41) is 4.08. The average molecular weight is 293 g/mol. The van der Waals surface area contributed by atoms with Crippen LogP contribution in [0.1, 0.15) is 23.7 Å². The number of nitrogens with zero attached hydrogens (tertiary/aromatic N) is 2. The normalized spacial score (nSPS) is 11.6. The van der Waals surface area contributed by atoms with Crippen LogP contribution < -0.4 is 4.72 Å². The minimum absolute atomic E-state index is 0.222. The van der Waals surface area contributed by atoms with E-state index in [0.29, 0.717) is 17.9 Å². The Hall–Kier alpha value is -1.82. The van der Waals surface area contributed by atoms with Crippen molar-refractivity contribution in [1.82, 2.24) is 9.78 Å². The van der Waals surface area contributed by atoms with Gasteiger partial charge in [0.05, 0.1) is 17.6 Å². The van der Waals surface area contributed by atoms with Crippen LogP contribution in [0.3, 0.4) is 0 Å². The van der Waals surface area contributed by atoms with Crippen molar-refractivity contribution in [1.29, 1.82) is 0 Å². The fourth-order valence-electron chi connectivity index (χ4n) is 2.07. The van der Waals surface area contributed by atoms with Gasteiger partial charge in [0.1, 0.15) is 4.90 Å². The third kappa shape index (κ3) is 2.56. The highest BCUT2D eigenvalue weighted by Crippen LogP contribution is 2.23. The van der Waals surface area contributed by atoms with Gasteiger partial charge in [-0.2, -0.15) is 5.10 Å². The first-order chi connectivity index (χ1) is 9.36. The van der Waals surface area contributed by atoms with Crippen molar-refractivity contribution in [3.63, 3.8) is 0 Å². The molecule has 0 atom stereocenters. The topological polar surface area (TPSA) is 64.0 Å². The minimum atomic E-state index is -3.61. The number of rotatable bonds is 4. The highest BCUT2D eigenvalue weighted by molar-refractivity contribution is 7.92. The third-order valence-electron chi connectivity index (χ3n) is 3.50. The van der Waals surface area contributed by atoms with Crippen molar-refractivity contribution in [2.45, 2.75) is 39.1 Å². The highest BCUT2D eigenvalue weighted by Gasteiger charge is 2.21. The zero-order valence-corrected chi connectivity index (χ0v) is 13.0. The maximum Gasteiger partial charge on any atom is 0.265 e. The van der Waals surface area contributed by atoms with Crippen LogP contribution >= 0.6 is 0 Å². The van der Waals surface area contributed by atoms with E-state index in [1.807, 2.05) is 32.9 Å². The predicted octanol–water partition coefficient (Wildman–Crippen LogP) is 2.63. The van der Waals surface area contributed by atoms with Gasteiger partial charge >= 0.3 is 0 Å². The molecule has 108 valence electrons. The molecule has 0 spiro atoms. The molecule has 0 saturated carbocycles. The monoisotopic (exact) mass is 293 g/mol. The second kappa shape index (κ2) is 5.28. The third-order valence-corrected chi connectivity index (χ3v) is 4.96. The first kappa shape index (κ1) is 14.6. The van der Waals surface area contributed by atoms with Gasteiger partial charge in [-0.05, 0) is 44.9 Å². The summed E-state index contributed by atoms with van der Waals surface area (Å²) in [5.74, 6) is 0. The number of hydrogen-bond acceptors (Lipinski definition) is 3. The van der Waals surface area contributed by atoms with E-state index >= 15 is 0 Å². The SMILES string of the molecule is CCn1ncc(S(=O)(=O)Nc2cccc(C)c2C)c1C. The standard InChI is InChI=1S/C14H19N3O2S/c1-5-17-12(4)14(9-15-17)20(18,19)16-13-8-6-7-10(2)11(13)3/h6-9,16H,5H2,1-4H3. The van der Waals surface area contributed by atoms with Crippen molar-refractivity contribution in [3.05, 3.63) is 41.2 Å². The molecule has 0 saturated heterocycles. The molecule has 0 aliphatic heterocycles. The molecule has 0 aliphatic rings. The summed E-state index contributed by atoms with van der Waals surface area (Å²) >= 11 is 0. The zero-order chi connectivity index (χ0) is 14.9. The summed E-state index contributed by atoms with van der Waals surface area (Å²) in [6.45, 7) is 8.18. The maximum absolute atomic E-state index is 12.5. The Morgan fingerprint density at radius 3 is 2.55 bits per heavy atom. The number of aromatic nitrogens is 2. The van der Waals surface area contributed by atoms with Gasteiger partial charge in [0.25, 0.3) is 10.0 Å². The number of sulfonamides is 1. The summed E-state index contributed by atoms with van der Waals surface area (Å²) in [6.07, 6.45) is 1.40. The summed E-state index contributed by atoms with van der Waals surface area (Å²) in [4.78, 5) is 0.222. The number of benzene rings is 1. The Morgan fingerprint density at radius 2 is 1.95 bits per heavy atom. The largest absolute Gasteiger partial charge is 0.279 e. The summed E-state index contributed by atoms with van der Waals surface area (Å²) in [6, 6.07) is 5.55. The second-order valence-electron chi connectivity index (χ2n) is 4.76. The van der Waals surface area contributed by atoms with Crippen LogP contribution in [0.4, 0.5) is 5.69 Å². The van der Waals surface area contributed by atoms with E-state index in [0.717, 1.165) is 11.1 Å². The van der Waals surface area contributed by atoms with Crippen molar-refractivity contribution >= 4 is 15.7 Å². The Bertz CT molecular complexity index is 733. The molecule has 5 nitrogen and oxygen atoms in total. The molecule has 1 aromatic heterocycles. The maximum atomic E-state index is 12.5. The minimum Gasteiger partial charge on any atom is -0.279 e. The van der Waals surface area contributed by atoms with E-state index in [-0.39, 0.29) is 4.90 Å². The molecule has 2 rings (SSSR count). The van der Waals surface area contributed by atoms with Crippen molar-refractivity contribution in [3.8, 4) is 0 Å². The van der Waals surface area contributed by atoms with Crippen LogP contribution in [0, 0.1) is 20.8 Å². The molecule has 0 radical (unpaired) electrons. The second-order valence-corrected chi connectivity index (χ2v) is 6.41. The molecule has 1 aromatic carbocycles. The molecule has 6 heteroatoms. The zero-order valence-electron chi connectivity index (χ0n) is 12.1. The Morgan fingerprint density at radius 1 is 1.25 bits per heavy atom. The molecule has 0 aliphatic carbocycles. The van der Waals surface area contributed by atoms with E-state index in [9.17, 15) is 8.42 Å². The lowest BCUT2D eigenvalue weighted by Gasteiger charge is -2.11. The smallest absolute Gasteiger partial charge is 0.265 e. The fraction of sp³-hybridized carbons (Fsp3) is 0.357. The molecule has 1 heterocycles. The van der Waals surface area contributed by atoms with Crippen molar-refractivity contribution in [2.75, 3.05) is 4.72 Å². The van der Waals surface area contributed by atoms with E-state index in [4.69, 9.17) is 0 Å². The van der Waals surface area contributed by atoms with Gasteiger partial charge in [-0.1, -0.05) is 12.1 Å². The number of hydrogen-bond donors (Lipinski definition) is 1. The van der Waals surface area contributed by atoms with Crippen LogP contribution in [0.25, 0.3) is 0 Å². The Balaban J connectivity index is 2.41. The summed E-state index contributed by atoms with van der Waals surface area (Å²) in [7, 11) is -3.61. The molecule has 1 N–H and O–H groups in total. The van der Waals surface area contributed by atoms with Gasteiger partial charge in [0.15, 0.2) is 0 Å². The first-order valence-electron chi connectivity index (χ1n) is 6.48. The van der Waals surface area contributed by atoms with Crippen LogP contribution in [0.5, 0.6) is 0 Å². The number of nitrogens with one attached hydrogen (secondary N) is 1. The van der Waals surface area contributed by atoms with Gasteiger partial charge < -0.3 is 0 Å². The Kier molecular flexibility index (Phi) is 3.85. The van der Waals surface area contributed by atoms with Crippen molar-refractivity contribution in [2.24, 2.45) is 0 Å². The lowest BCUT2D eigenvalue weighted by atomic mass is 10.1. The lowest BCUT2D eigenvalue weighted by molar-refractivity contribution is 0.598. The quantitative estimate of drug-likeness (QED) is 0.942. The van der Waals surface area contributed by atoms with Crippen LogP contribution in [-0.2, 0) is 16.6 Å². The van der Waals surface area contributed by atoms with Gasteiger partial charge in [-0.3, -0.25) is 9.40 Å². The molecule has 0 fully saturated rings. The molecular weight excluding hydrogens is 274 g/mol. The summed E-state index contributed by atoms with van der Waals surface area (Å²) < 4.78 is 29.2. The number of aryl methyl sites for hydroxylation is 2. The lowest BCUT2D eigenvalue weighted by Crippen LogP contribution is -2.15. The van der Waals surface area contributed by atoms with Gasteiger partial charge in [0.2, 0.25) is 0 Å². The van der Waals surface area contributed by atoms with Crippen LogP contribution in [-0.4, -0.2) is 18.2 Å². The molecule has 20 heavy (non-hydrogen) atoms. The first-order valence-corrected chi connectivity index (χ1v) is 7.96. The van der Waals surface area contributed by atoms with Crippen molar-refractivity contribution < 1.29 is 8.42 Å². The average Bonchev–Trinajstić information content (AvgIpc) is 2.76.